The Labute approximate surface area is 117 Å². The van der Waals surface area contributed by atoms with Gasteiger partial charge >= 0.3 is 0 Å². The van der Waals surface area contributed by atoms with Gasteiger partial charge < -0.3 is 14.6 Å². The van der Waals surface area contributed by atoms with Crippen LogP contribution in [-0.4, -0.2) is 12.2 Å². The summed E-state index contributed by atoms with van der Waals surface area (Å²) in [6.07, 6.45) is 0. The minimum absolute atomic E-state index is 0.144. The first-order valence-corrected chi connectivity index (χ1v) is 6.30. The number of halogens is 1. The van der Waals surface area contributed by atoms with Gasteiger partial charge in [0.2, 0.25) is 0 Å². The Bertz CT molecular complexity index is 574. The van der Waals surface area contributed by atoms with Gasteiger partial charge in [-0.2, -0.15) is 0 Å². The molecule has 2 aromatic rings. The summed E-state index contributed by atoms with van der Waals surface area (Å²) in [7, 11) is 1.54. The number of methoxy groups -OCH3 is 1. The lowest BCUT2D eigenvalue weighted by Crippen LogP contribution is -2.03. The van der Waals surface area contributed by atoms with Crippen molar-refractivity contribution in [2.45, 2.75) is 20.1 Å². The number of para-hydroxylation sites is 1. The number of aryl methyl sites for hydroxylation is 1. The zero-order valence-electron chi connectivity index (χ0n) is 11.5. The fourth-order valence-corrected chi connectivity index (χ4v) is 1.96. The average molecular weight is 276 g/mol. The first-order chi connectivity index (χ1) is 9.65. The number of aliphatic hydroxyl groups excluding tert-OH is 1. The van der Waals surface area contributed by atoms with E-state index in [1.165, 1.54) is 19.2 Å². The summed E-state index contributed by atoms with van der Waals surface area (Å²) in [5.74, 6) is 0.739. The molecule has 0 aromatic heterocycles. The van der Waals surface area contributed by atoms with Crippen LogP contribution in [0.25, 0.3) is 0 Å². The lowest BCUT2D eigenvalue weighted by molar-refractivity contribution is 0.249. The Hall–Kier alpha value is -2.07. The van der Waals surface area contributed by atoms with E-state index in [4.69, 9.17) is 9.47 Å². The van der Waals surface area contributed by atoms with Crippen LogP contribution in [0.15, 0.2) is 36.4 Å². The first kappa shape index (κ1) is 14.3. The standard InChI is InChI=1S/C16H17FO3/c1-11-6-7-14(17)8-13(11)10-20-16-12(9-18)4-3-5-15(16)19-2/h3-8,18H,9-10H2,1-2H3. The molecule has 0 fully saturated rings. The van der Waals surface area contributed by atoms with Crippen molar-refractivity contribution in [3.05, 3.63) is 58.9 Å². The molecular formula is C16H17FO3. The second-order valence-corrected chi connectivity index (χ2v) is 4.47. The number of hydrogen-bond donors (Lipinski definition) is 1. The van der Waals surface area contributed by atoms with Crippen LogP contribution in [0.5, 0.6) is 11.5 Å². The summed E-state index contributed by atoms with van der Waals surface area (Å²) in [4.78, 5) is 0. The van der Waals surface area contributed by atoms with Crippen LogP contribution in [0.1, 0.15) is 16.7 Å². The van der Waals surface area contributed by atoms with E-state index in [0.717, 1.165) is 11.1 Å². The van der Waals surface area contributed by atoms with Crippen molar-refractivity contribution < 1.29 is 19.0 Å². The molecule has 4 heteroatoms. The number of rotatable bonds is 5. The zero-order valence-corrected chi connectivity index (χ0v) is 11.5. The largest absolute Gasteiger partial charge is 0.493 e. The highest BCUT2D eigenvalue weighted by molar-refractivity contribution is 5.46. The van der Waals surface area contributed by atoms with Crippen LogP contribution < -0.4 is 9.47 Å². The van der Waals surface area contributed by atoms with Crippen LogP contribution in [-0.2, 0) is 13.2 Å². The first-order valence-electron chi connectivity index (χ1n) is 6.30. The predicted molar refractivity (Wildman–Crippen MR) is 74.4 cm³/mol. The van der Waals surface area contributed by atoms with Gasteiger partial charge in [-0.1, -0.05) is 18.2 Å². The molecule has 0 atom stereocenters. The normalized spacial score (nSPS) is 10.4. The molecule has 106 valence electrons. The van der Waals surface area contributed by atoms with Crippen molar-refractivity contribution in [2.24, 2.45) is 0 Å². The highest BCUT2D eigenvalue weighted by atomic mass is 19.1. The molecule has 2 aromatic carbocycles. The van der Waals surface area contributed by atoms with E-state index >= 15 is 0 Å². The molecule has 3 nitrogen and oxygen atoms in total. The third kappa shape index (κ3) is 3.08. The molecule has 0 saturated heterocycles. The van der Waals surface area contributed by atoms with Crippen LogP contribution in [0.4, 0.5) is 4.39 Å². The second-order valence-electron chi connectivity index (χ2n) is 4.47. The van der Waals surface area contributed by atoms with E-state index in [1.807, 2.05) is 6.92 Å². The average Bonchev–Trinajstić information content (AvgIpc) is 2.47. The van der Waals surface area contributed by atoms with Gasteiger partial charge in [0.05, 0.1) is 13.7 Å². The Morgan fingerprint density at radius 3 is 2.65 bits per heavy atom. The van der Waals surface area contributed by atoms with Crippen molar-refractivity contribution in [1.82, 2.24) is 0 Å². The van der Waals surface area contributed by atoms with Crippen molar-refractivity contribution in [1.29, 1.82) is 0 Å². The SMILES string of the molecule is COc1cccc(CO)c1OCc1cc(F)ccc1C. The van der Waals surface area contributed by atoms with E-state index in [0.29, 0.717) is 17.1 Å². The van der Waals surface area contributed by atoms with Crippen LogP contribution >= 0.6 is 0 Å². The van der Waals surface area contributed by atoms with Gasteiger partial charge in [-0.05, 0) is 36.2 Å². The van der Waals surface area contributed by atoms with Gasteiger partial charge in [-0.25, -0.2) is 4.39 Å². The molecule has 0 aliphatic rings. The van der Waals surface area contributed by atoms with E-state index in [-0.39, 0.29) is 19.0 Å². The second kappa shape index (κ2) is 6.39. The molecule has 1 N–H and O–H groups in total. The Morgan fingerprint density at radius 2 is 1.95 bits per heavy atom. The molecule has 0 aliphatic heterocycles. The van der Waals surface area contributed by atoms with E-state index in [9.17, 15) is 9.50 Å². The van der Waals surface area contributed by atoms with Crippen LogP contribution in [0, 0.1) is 12.7 Å². The van der Waals surface area contributed by atoms with Crippen molar-refractivity contribution in [3.8, 4) is 11.5 Å². The van der Waals surface area contributed by atoms with Gasteiger partial charge in [-0.15, -0.1) is 0 Å². The fraction of sp³-hybridized carbons (Fsp3) is 0.250. The number of ether oxygens (including phenoxy) is 2. The lowest BCUT2D eigenvalue weighted by Gasteiger charge is -2.15. The van der Waals surface area contributed by atoms with Crippen molar-refractivity contribution in [3.63, 3.8) is 0 Å². The highest BCUT2D eigenvalue weighted by Crippen LogP contribution is 2.32. The highest BCUT2D eigenvalue weighted by Gasteiger charge is 2.11. The number of hydrogen-bond acceptors (Lipinski definition) is 3. The maximum atomic E-state index is 13.2. The minimum atomic E-state index is -0.295. The Morgan fingerprint density at radius 1 is 1.15 bits per heavy atom. The Balaban J connectivity index is 2.24. The Kier molecular flexibility index (Phi) is 4.58. The zero-order chi connectivity index (χ0) is 14.5. The summed E-state index contributed by atoms with van der Waals surface area (Å²) in [6, 6.07) is 9.88. The molecule has 2 rings (SSSR count). The summed E-state index contributed by atoms with van der Waals surface area (Å²) in [6.45, 7) is 1.97. The lowest BCUT2D eigenvalue weighted by atomic mass is 10.1. The van der Waals surface area contributed by atoms with Gasteiger partial charge in [0.1, 0.15) is 12.4 Å². The van der Waals surface area contributed by atoms with E-state index < -0.39 is 0 Å². The third-order valence-electron chi connectivity index (χ3n) is 3.13. The number of benzene rings is 2. The maximum Gasteiger partial charge on any atom is 0.167 e. The van der Waals surface area contributed by atoms with Gasteiger partial charge in [0.25, 0.3) is 0 Å². The summed E-state index contributed by atoms with van der Waals surface area (Å²) in [5.41, 5.74) is 2.35. The molecule has 0 bridgehead atoms. The molecule has 0 spiro atoms. The molecule has 0 amide bonds. The van der Waals surface area contributed by atoms with Crippen molar-refractivity contribution in [2.75, 3.05) is 7.11 Å². The van der Waals surface area contributed by atoms with E-state index in [1.54, 1.807) is 24.3 Å². The quantitative estimate of drug-likeness (QED) is 0.911. The molecule has 0 saturated carbocycles. The van der Waals surface area contributed by atoms with Crippen LogP contribution in [0.2, 0.25) is 0 Å². The van der Waals surface area contributed by atoms with Crippen LogP contribution in [0.3, 0.4) is 0 Å². The molecule has 20 heavy (non-hydrogen) atoms. The fourth-order valence-electron chi connectivity index (χ4n) is 1.96. The van der Waals surface area contributed by atoms with Gasteiger partial charge in [0.15, 0.2) is 11.5 Å². The predicted octanol–water partition coefficient (Wildman–Crippen LogP) is 3.21. The summed E-state index contributed by atoms with van der Waals surface area (Å²) < 4.78 is 24.2. The third-order valence-corrected chi connectivity index (χ3v) is 3.13. The molecule has 0 aliphatic carbocycles. The number of aliphatic hydroxyl groups is 1. The monoisotopic (exact) mass is 276 g/mol. The molecular weight excluding hydrogens is 259 g/mol. The minimum Gasteiger partial charge on any atom is -0.493 e. The molecule has 0 radical (unpaired) electrons. The smallest absolute Gasteiger partial charge is 0.167 e. The molecule has 0 heterocycles. The molecule has 0 unspecified atom stereocenters. The maximum absolute atomic E-state index is 13.2. The summed E-state index contributed by atoms with van der Waals surface area (Å²) >= 11 is 0. The summed E-state index contributed by atoms with van der Waals surface area (Å²) in [5, 5.41) is 9.34. The van der Waals surface area contributed by atoms with Gasteiger partial charge in [0, 0.05) is 5.56 Å². The topological polar surface area (TPSA) is 38.7 Å². The van der Waals surface area contributed by atoms with Gasteiger partial charge in [-0.3, -0.25) is 0 Å². The van der Waals surface area contributed by atoms with Crippen molar-refractivity contribution >= 4 is 0 Å². The van der Waals surface area contributed by atoms with E-state index in [2.05, 4.69) is 0 Å².